The number of fused-ring (bicyclic) bond motifs is 3. The van der Waals surface area contributed by atoms with Crippen molar-refractivity contribution in [3.63, 3.8) is 0 Å². The summed E-state index contributed by atoms with van der Waals surface area (Å²) in [5.41, 5.74) is 24.7. The average Bonchev–Trinajstić information content (AvgIpc) is 1.18. The fraction of sp³-hybridized carbons (Fsp3) is 0.431. The molecule has 5 saturated heterocycles. The number of nitrogens with one attached hydrogen (secondary N) is 2. The molecule has 11 aromatic rings. The number of benzene rings is 3. The number of ether oxygens (including phenoxy) is 12. The molecule has 13 heterocycles. The molecule has 5 fully saturated rings. The zero-order valence-electron chi connectivity index (χ0n) is 60.4. The van der Waals surface area contributed by atoms with E-state index in [-0.39, 0.29) is 106 Å². The van der Waals surface area contributed by atoms with Gasteiger partial charge in [-0.1, -0.05) is 54.6 Å². The maximum atomic E-state index is 13.8. The first-order valence-corrected chi connectivity index (χ1v) is 37.0. The van der Waals surface area contributed by atoms with Gasteiger partial charge in [0, 0.05) is 49.4 Å². The molecule has 16 rings (SSSR count). The summed E-state index contributed by atoms with van der Waals surface area (Å²) in [6, 6.07) is 25.9. The number of aromatic nitrogens is 16. The molecule has 40 heteroatoms. The van der Waals surface area contributed by atoms with Crippen LogP contribution in [0.5, 0.6) is 11.5 Å². The van der Waals surface area contributed by atoms with E-state index >= 15 is 0 Å². The van der Waals surface area contributed by atoms with Crippen LogP contribution in [-0.4, -0.2) is 220 Å². The van der Waals surface area contributed by atoms with Gasteiger partial charge in [0.2, 0.25) is 11.9 Å². The largest absolute Gasteiger partial charge is 0.497 e. The van der Waals surface area contributed by atoms with Crippen molar-refractivity contribution in [2.24, 2.45) is 0 Å². The van der Waals surface area contributed by atoms with Crippen LogP contribution >= 0.6 is 11.8 Å². The molecule has 13 N–H and O–H groups in total. The number of hydrogen-bond acceptors (Lipinski definition) is 33. The quantitative estimate of drug-likeness (QED) is 0.0191. The van der Waals surface area contributed by atoms with Crippen LogP contribution < -0.4 is 54.9 Å². The Hall–Kier alpha value is -10.7. The third-order valence-corrected chi connectivity index (χ3v) is 21.6. The maximum Gasteiger partial charge on any atom is 0.351 e. The third-order valence-electron chi connectivity index (χ3n) is 20.7. The number of H-pyrrole nitrogens is 2. The Kier molecular flexibility index (Phi) is 21.4. The van der Waals surface area contributed by atoms with E-state index in [4.69, 9.17) is 84.8 Å². The monoisotopic (exact) mass is 1560 g/mol. The smallest absolute Gasteiger partial charge is 0.351 e. The molecular weight excluding hydrogens is 1480 g/mol. The lowest BCUT2D eigenvalue weighted by Gasteiger charge is -2.37. The van der Waals surface area contributed by atoms with Gasteiger partial charge in [-0.05, 0) is 53.9 Å². The third kappa shape index (κ3) is 14.7. The van der Waals surface area contributed by atoms with E-state index in [1.807, 2.05) is 78.9 Å². The Labute approximate surface area is 638 Å². The van der Waals surface area contributed by atoms with E-state index in [2.05, 4.69) is 49.8 Å². The fourth-order valence-electron chi connectivity index (χ4n) is 15.1. The molecule has 0 radical (unpaired) electrons. The number of aliphatic hydroxyl groups is 3. The van der Waals surface area contributed by atoms with Gasteiger partial charge in [0.1, 0.15) is 113 Å². The Bertz CT molecular complexity index is 5390. The second-order valence-corrected chi connectivity index (χ2v) is 28.6. The molecule has 16 atom stereocenters. The van der Waals surface area contributed by atoms with Crippen molar-refractivity contribution in [1.82, 2.24) is 77.7 Å². The van der Waals surface area contributed by atoms with Crippen LogP contribution in [0.25, 0.3) is 33.5 Å². The number of nitrogen functional groups attached to an aromatic ring is 4. The van der Waals surface area contributed by atoms with Gasteiger partial charge in [-0.3, -0.25) is 42.4 Å². The van der Waals surface area contributed by atoms with E-state index in [9.17, 15) is 34.5 Å². The number of thioether (sulfide) groups is 1. The van der Waals surface area contributed by atoms with Gasteiger partial charge in [-0.25, -0.2) is 39.5 Å². The van der Waals surface area contributed by atoms with E-state index in [0.717, 1.165) is 10.1 Å². The van der Waals surface area contributed by atoms with Gasteiger partial charge in [0.15, 0.2) is 34.5 Å². The van der Waals surface area contributed by atoms with Gasteiger partial charge in [-0.2, -0.15) is 15.0 Å². The topological polar surface area (TPSA) is 516 Å². The number of hydrogen-bond donors (Lipinski definition) is 9. The number of methoxy groups -OCH3 is 2. The predicted octanol–water partition coefficient (Wildman–Crippen LogP) is 1.66. The van der Waals surface area contributed by atoms with E-state index in [1.54, 1.807) is 41.2 Å². The van der Waals surface area contributed by atoms with Gasteiger partial charge in [0.25, 0.3) is 11.1 Å². The Balaban J connectivity index is 0.710. The molecule has 16 unspecified atom stereocenters. The molecule has 0 saturated carbocycles. The van der Waals surface area contributed by atoms with Crippen LogP contribution in [0, 0.1) is 6.92 Å². The van der Waals surface area contributed by atoms with Crippen LogP contribution in [0.15, 0.2) is 147 Å². The van der Waals surface area contributed by atoms with Gasteiger partial charge < -0.3 is 95.1 Å². The highest BCUT2D eigenvalue weighted by molar-refractivity contribution is 7.99. The summed E-state index contributed by atoms with van der Waals surface area (Å²) >= 11 is 1.25. The minimum Gasteiger partial charge on any atom is -0.497 e. The van der Waals surface area contributed by atoms with Gasteiger partial charge >= 0.3 is 11.4 Å². The minimum absolute atomic E-state index is 0.00146. The number of aromatic amines is 2. The molecule has 0 spiro atoms. The molecule has 588 valence electrons. The highest BCUT2D eigenvalue weighted by Crippen LogP contribution is 2.45. The molecule has 0 amide bonds. The Morgan fingerprint density at radius 1 is 0.554 bits per heavy atom. The Morgan fingerprint density at radius 3 is 1.71 bits per heavy atom. The first-order chi connectivity index (χ1) is 54.3. The molecule has 8 aromatic heterocycles. The summed E-state index contributed by atoms with van der Waals surface area (Å²) in [6.45, 7) is 0.328. The van der Waals surface area contributed by atoms with Crippen molar-refractivity contribution in [2.45, 2.75) is 142 Å². The molecule has 39 nitrogen and oxygen atoms in total. The second kappa shape index (κ2) is 31.8. The number of nitrogens with two attached hydrogens (primary N) is 4. The van der Waals surface area contributed by atoms with Crippen LogP contribution in [0.1, 0.15) is 79.1 Å². The summed E-state index contributed by atoms with van der Waals surface area (Å²) in [4.78, 5) is 96.6. The molecule has 5 aliphatic heterocycles. The zero-order chi connectivity index (χ0) is 77.6. The molecular formula is C72H80N20O19S. The zero-order valence-corrected chi connectivity index (χ0v) is 61.2. The summed E-state index contributed by atoms with van der Waals surface area (Å²) < 4.78 is 87.4. The SMILES string of the molecule is COc1ccc(C(OCC2OC(n3ccc(N)nc3=O)C(O)C2OCC2OC(n3cnc4c(N)ncnc43)CC2OCC2OC(n3cnc4c(SCCO)nc(N)nc43)CC2OCC2OC(n3cnc4c(=O)[nH]c(N)nc43)CC2OCC2OC(n3cc(C)c(=O)[nH]c3=O)CC2O)(c2ccccc2)c2ccc(OC)cc2)cc1. The summed E-state index contributed by atoms with van der Waals surface area (Å²) in [6.07, 6.45) is -7.20. The number of aliphatic hydroxyl groups excluding tert-OH is 3. The average molecular weight is 1560 g/mol. The predicted molar refractivity (Wildman–Crippen MR) is 396 cm³/mol. The summed E-state index contributed by atoms with van der Waals surface area (Å²) in [5.74, 6) is 1.38. The normalized spacial score (nSPS) is 26.0. The number of rotatable bonds is 28. The lowest BCUT2D eigenvalue weighted by molar-refractivity contribution is -0.143. The first kappa shape index (κ1) is 75.3. The van der Waals surface area contributed by atoms with E-state index < -0.39 is 126 Å². The summed E-state index contributed by atoms with van der Waals surface area (Å²) in [5, 5.41) is 34.4. The van der Waals surface area contributed by atoms with Crippen molar-refractivity contribution >= 4 is 68.8 Å². The van der Waals surface area contributed by atoms with Crippen molar-refractivity contribution in [3.05, 3.63) is 187 Å². The van der Waals surface area contributed by atoms with Crippen LogP contribution in [-0.2, 0) is 53.0 Å². The number of imidazole rings is 3. The molecule has 5 aliphatic rings. The standard InChI is InChI=1S/C72H80N20O19S/c1-35-25-89(71(99)86-64(35)96)51-21-41(94)45(107-51)26-102-42-23-53(91-33-80-56-62(91)83-68(75)85-65(56)97)108-46(42)27-103-43-24-54(92-34-81-57-63(92)84-69(76)87-66(57)112-20-19-93)109-47(43)28-104-44-22-52(90-32-79-55-60(74)77-31-78-61(55)90)110-48(44)29-105-59-49(111-67(58(59)95)88-18-17-50(73)82-70(88)98)30-106-72(36-7-5-4-6-8-36,37-9-13-39(100-2)14-10-37)38-11-15-40(101-3)16-12-38/h4-18,25,31-34,41-49,51-54,58-59,67,93-95H,19-24,26-30H2,1-3H3,(H2,73,82,98)(H2,74,77,78)(H2,76,84,87)(H,86,96,99)(H3,75,83,85,97). The molecule has 0 aliphatic carbocycles. The van der Waals surface area contributed by atoms with Crippen LogP contribution in [0.3, 0.4) is 0 Å². The van der Waals surface area contributed by atoms with E-state index in [1.165, 1.54) is 53.8 Å². The van der Waals surface area contributed by atoms with Crippen LogP contribution in [0.4, 0.5) is 23.5 Å². The van der Waals surface area contributed by atoms with Crippen molar-refractivity contribution in [1.29, 1.82) is 0 Å². The number of nitrogens with zero attached hydrogens (tertiary/aromatic N) is 14. The van der Waals surface area contributed by atoms with Crippen molar-refractivity contribution in [3.8, 4) is 11.5 Å². The highest BCUT2D eigenvalue weighted by Gasteiger charge is 2.51. The summed E-state index contributed by atoms with van der Waals surface area (Å²) in [7, 11) is 3.16. The lowest BCUT2D eigenvalue weighted by atomic mass is 9.80. The number of aryl methyl sites for hydroxylation is 1. The Morgan fingerprint density at radius 2 is 1.11 bits per heavy atom. The van der Waals surface area contributed by atoms with Gasteiger partial charge in [0.05, 0.1) is 97.3 Å². The first-order valence-electron chi connectivity index (χ1n) is 36.0. The second-order valence-electron chi connectivity index (χ2n) is 27.5. The van der Waals surface area contributed by atoms with Crippen LogP contribution in [0.2, 0.25) is 0 Å². The van der Waals surface area contributed by atoms with Gasteiger partial charge in [-0.15, -0.1) is 11.8 Å². The number of anilines is 4. The van der Waals surface area contributed by atoms with Crippen molar-refractivity contribution in [2.75, 3.05) is 82.5 Å². The van der Waals surface area contributed by atoms with E-state index in [0.29, 0.717) is 55.7 Å². The highest BCUT2D eigenvalue weighted by atomic mass is 32.2. The molecule has 0 bridgehead atoms. The fourth-order valence-corrected chi connectivity index (χ4v) is 15.8. The maximum absolute atomic E-state index is 13.8. The lowest BCUT2D eigenvalue weighted by Crippen LogP contribution is -2.43. The minimum atomic E-state index is -1.56. The molecule has 112 heavy (non-hydrogen) atoms. The molecule has 3 aromatic carbocycles. The van der Waals surface area contributed by atoms with Crippen molar-refractivity contribution < 1.29 is 72.2 Å².